The first kappa shape index (κ1) is 20.1. The molecular weight excluding hydrogens is 371 g/mol. The first-order valence-electron chi connectivity index (χ1n) is 7.56. The third-order valence-electron chi connectivity index (χ3n) is 3.47. The van der Waals surface area contributed by atoms with Gasteiger partial charge in [0.15, 0.2) is 0 Å². The number of nitrogens with one attached hydrogen (secondary N) is 1. The van der Waals surface area contributed by atoms with E-state index in [4.69, 9.17) is 9.47 Å². The third-order valence-corrected chi connectivity index (χ3v) is 4.85. The van der Waals surface area contributed by atoms with E-state index < -0.39 is 21.8 Å². The Morgan fingerprint density at radius 3 is 2.23 bits per heavy atom. The molecule has 5 nitrogen and oxygen atoms in total. The van der Waals surface area contributed by atoms with E-state index in [-0.39, 0.29) is 10.6 Å². The number of aryl methyl sites for hydroxylation is 1. The summed E-state index contributed by atoms with van der Waals surface area (Å²) < 4.78 is 75.1. The quantitative estimate of drug-likeness (QED) is 0.731. The lowest BCUT2D eigenvalue weighted by Gasteiger charge is -2.13. The van der Waals surface area contributed by atoms with Gasteiger partial charge in [0.25, 0.3) is 10.0 Å². The van der Waals surface area contributed by atoms with Crippen molar-refractivity contribution in [2.45, 2.75) is 18.0 Å². The molecule has 0 saturated heterocycles. The molecule has 0 bridgehead atoms. The van der Waals surface area contributed by atoms with Crippen molar-refractivity contribution in [2.75, 3.05) is 25.0 Å². The smallest absolute Gasteiger partial charge is 0.416 e. The molecule has 0 fully saturated rings. The molecule has 0 heterocycles. The maximum Gasteiger partial charge on any atom is 0.416 e. The van der Waals surface area contributed by atoms with Crippen LogP contribution in [0.5, 0.6) is 5.75 Å². The minimum absolute atomic E-state index is 0.0195. The highest BCUT2D eigenvalue weighted by atomic mass is 32.2. The summed E-state index contributed by atoms with van der Waals surface area (Å²) in [6, 6.07) is 8.07. The molecule has 0 aliphatic carbocycles. The fourth-order valence-electron chi connectivity index (χ4n) is 2.13. The lowest BCUT2D eigenvalue weighted by atomic mass is 10.2. The number of halogens is 3. The molecule has 1 N–H and O–H groups in total. The molecule has 0 radical (unpaired) electrons. The summed E-state index contributed by atoms with van der Waals surface area (Å²) in [5, 5.41) is 0. The van der Waals surface area contributed by atoms with Gasteiger partial charge in [-0.1, -0.05) is 0 Å². The van der Waals surface area contributed by atoms with Crippen LogP contribution in [-0.2, 0) is 20.9 Å². The summed E-state index contributed by atoms with van der Waals surface area (Å²) in [6.07, 6.45) is -4.48. The largest absolute Gasteiger partial charge is 0.491 e. The zero-order valence-electron chi connectivity index (χ0n) is 14.1. The fourth-order valence-corrected chi connectivity index (χ4v) is 3.27. The Hall–Kier alpha value is -2.26. The number of rotatable bonds is 7. The number of hydrogen-bond acceptors (Lipinski definition) is 4. The molecule has 26 heavy (non-hydrogen) atoms. The standard InChI is InChI=1S/C17H18F3NO4S/c1-12-11-15(7-8-16(12)25-10-9-24-2)26(22,23)21-14-5-3-13(4-6-14)17(18,19)20/h3-8,11,21H,9-10H2,1-2H3. The number of anilines is 1. The predicted molar refractivity (Wildman–Crippen MR) is 90.8 cm³/mol. The number of benzene rings is 2. The molecule has 0 amide bonds. The third kappa shape index (κ3) is 5.12. The van der Waals surface area contributed by atoms with E-state index in [2.05, 4.69) is 4.72 Å². The Bertz CT molecular complexity index is 849. The van der Waals surface area contributed by atoms with Crippen molar-refractivity contribution in [2.24, 2.45) is 0 Å². The lowest BCUT2D eigenvalue weighted by Crippen LogP contribution is -2.14. The Morgan fingerprint density at radius 1 is 1.04 bits per heavy atom. The summed E-state index contributed by atoms with van der Waals surface area (Å²) in [5.74, 6) is 0.524. The van der Waals surface area contributed by atoms with Crippen molar-refractivity contribution >= 4 is 15.7 Å². The van der Waals surface area contributed by atoms with Gasteiger partial charge in [0.2, 0.25) is 0 Å². The van der Waals surface area contributed by atoms with Gasteiger partial charge in [-0.05, 0) is 55.0 Å². The zero-order chi connectivity index (χ0) is 19.4. The molecule has 0 spiro atoms. The first-order chi connectivity index (χ1) is 12.1. The summed E-state index contributed by atoms with van der Waals surface area (Å²) in [4.78, 5) is -0.0195. The number of methoxy groups -OCH3 is 1. The van der Waals surface area contributed by atoms with Crippen molar-refractivity contribution in [3.8, 4) is 5.75 Å². The van der Waals surface area contributed by atoms with Crippen LogP contribution < -0.4 is 9.46 Å². The number of sulfonamides is 1. The van der Waals surface area contributed by atoms with Crippen LogP contribution >= 0.6 is 0 Å². The van der Waals surface area contributed by atoms with Gasteiger partial charge in [-0.15, -0.1) is 0 Å². The Morgan fingerprint density at radius 2 is 1.69 bits per heavy atom. The van der Waals surface area contributed by atoms with Crippen molar-refractivity contribution < 1.29 is 31.1 Å². The van der Waals surface area contributed by atoms with Crippen LogP contribution in [0.2, 0.25) is 0 Å². The molecule has 9 heteroatoms. The topological polar surface area (TPSA) is 64.6 Å². The molecule has 0 aliphatic rings. The summed E-state index contributed by atoms with van der Waals surface area (Å²) in [6.45, 7) is 2.42. The highest BCUT2D eigenvalue weighted by Gasteiger charge is 2.30. The van der Waals surface area contributed by atoms with Gasteiger partial charge in [-0.25, -0.2) is 8.42 Å². The molecule has 2 rings (SSSR count). The van der Waals surface area contributed by atoms with Crippen molar-refractivity contribution in [1.82, 2.24) is 0 Å². The molecule has 0 saturated carbocycles. The van der Waals surface area contributed by atoms with Crippen LogP contribution in [0.25, 0.3) is 0 Å². The van der Waals surface area contributed by atoms with E-state index in [1.807, 2.05) is 0 Å². The Kier molecular flexibility index (Phi) is 6.14. The Balaban J connectivity index is 2.15. The monoisotopic (exact) mass is 389 g/mol. The number of alkyl halides is 3. The van der Waals surface area contributed by atoms with Crippen LogP contribution in [0.1, 0.15) is 11.1 Å². The van der Waals surface area contributed by atoms with Gasteiger partial charge in [0.1, 0.15) is 12.4 Å². The van der Waals surface area contributed by atoms with Gasteiger partial charge >= 0.3 is 6.18 Å². The normalized spacial score (nSPS) is 12.0. The second-order valence-corrected chi connectivity index (χ2v) is 7.13. The molecule has 142 valence electrons. The zero-order valence-corrected chi connectivity index (χ0v) is 14.9. The molecule has 2 aromatic carbocycles. The molecule has 0 atom stereocenters. The van der Waals surface area contributed by atoms with Crippen molar-refractivity contribution in [3.63, 3.8) is 0 Å². The van der Waals surface area contributed by atoms with Gasteiger partial charge in [-0.3, -0.25) is 4.72 Å². The van der Waals surface area contributed by atoms with E-state index in [9.17, 15) is 21.6 Å². The molecule has 2 aromatic rings. The van der Waals surface area contributed by atoms with E-state index >= 15 is 0 Å². The maximum absolute atomic E-state index is 12.6. The second kappa shape index (κ2) is 7.96. The average Bonchev–Trinajstić information content (AvgIpc) is 2.55. The van der Waals surface area contributed by atoms with Gasteiger partial charge in [-0.2, -0.15) is 13.2 Å². The van der Waals surface area contributed by atoms with Crippen LogP contribution in [0.15, 0.2) is 47.4 Å². The summed E-state index contributed by atoms with van der Waals surface area (Å²) >= 11 is 0. The SMILES string of the molecule is COCCOc1ccc(S(=O)(=O)Nc2ccc(C(F)(F)F)cc2)cc1C. The van der Waals surface area contributed by atoms with Crippen LogP contribution in [0.3, 0.4) is 0 Å². The minimum Gasteiger partial charge on any atom is -0.491 e. The van der Waals surface area contributed by atoms with Crippen molar-refractivity contribution in [3.05, 3.63) is 53.6 Å². The lowest BCUT2D eigenvalue weighted by molar-refractivity contribution is -0.137. The van der Waals surface area contributed by atoms with E-state index in [1.54, 1.807) is 14.0 Å². The molecule has 0 aromatic heterocycles. The highest BCUT2D eigenvalue weighted by molar-refractivity contribution is 7.92. The maximum atomic E-state index is 12.6. The summed E-state index contributed by atoms with van der Waals surface area (Å²) in [5.41, 5.74) is -0.207. The first-order valence-corrected chi connectivity index (χ1v) is 9.04. The van der Waals surface area contributed by atoms with Gasteiger partial charge in [0.05, 0.1) is 17.1 Å². The van der Waals surface area contributed by atoms with Crippen molar-refractivity contribution in [1.29, 1.82) is 0 Å². The summed E-state index contributed by atoms with van der Waals surface area (Å²) in [7, 11) is -2.40. The molecule has 0 aliphatic heterocycles. The van der Waals surface area contributed by atoms with Crippen LogP contribution in [0.4, 0.5) is 18.9 Å². The average molecular weight is 389 g/mol. The molecule has 0 unspecified atom stereocenters. The van der Waals surface area contributed by atoms with E-state index in [1.165, 1.54) is 18.2 Å². The van der Waals surface area contributed by atoms with E-state index in [0.717, 1.165) is 24.3 Å². The predicted octanol–water partition coefficient (Wildman–Crippen LogP) is 3.84. The van der Waals surface area contributed by atoms with Crippen LogP contribution in [0, 0.1) is 6.92 Å². The number of hydrogen-bond donors (Lipinski definition) is 1. The number of ether oxygens (including phenoxy) is 2. The van der Waals surface area contributed by atoms with Crippen LogP contribution in [-0.4, -0.2) is 28.7 Å². The van der Waals surface area contributed by atoms with E-state index in [0.29, 0.717) is 24.5 Å². The minimum atomic E-state index is -4.48. The highest BCUT2D eigenvalue weighted by Crippen LogP contribution is 2.30. The fraction of sp³-hybridized carbons (Fsp3) is 0.294. The second-order valence-electron chi connectivity index (χ2n) is 5.45. The van der Waals surface area contributed by atoms with Gasteiger partial charge < -0.3 is 9.47 Å². The van der Waals surface area contributed by atoms with Gasteiger partial charge in [0, 0.05) is 12.8 Å². The Labute approximate surface area is 149 Å². The molecular formula is C17H18F3NO4S.